The molecular weight excluding hydrogens is 489 g/mol. The molecule has 2 heterocycles. The average Bonchev–Trinajstić information content (AvgIpc) is 2.76. The number of likely N-dealkylation sites (tertiary alicyclic amines) is 1. The van der Waals surface area contributed by atoms with E-state index in [1.54, 1.807) is 0 Å². The van der Waals surface area contributed by atoms with Crippen molar-refractivity contribution in [2.75, 3.05) is 53.0 Å². The van der Waals surface area contributed by atoms with E-state index in [9.17, 15) is 0 Å². The zero-order valence-electron chi connectivity index (χ0n) is 19.0. The third kappa shape index (κ3) is 7.98. The number of guanidine groups is 1. The van der Waals surface area contributed by atoms with Gasteiger partial charge in [0.2, 0.25) is 0 Å². The van der Waals surface area contributed by atoms with E-state index < -0.39 is 0 Å². The van der Waals surface area contributed by atoms with Crippen molar-refractivity contribution in [1.82, 2.24) is 20.4 Å². The molecule has 7 heteroatoms. The number of nitrogens with one attached hydrogen (secondary N) is 2. The van der Waals surface area contributed by atoms with Crippen molar-refractivity contribution in [1.29, 1.82) is 0 Å². The van der Waals surface area contributed by atoms with Gasteiger partial charge >= 0.3 is 0 Å². The van der Waals surface area contributed by atoms with E-state index in [0.717, 1.165) is 51.9 Å². The molecule has 0 saturated carbocycles. The van der Waals surface area contributed by atoms with Gasteiger partial charge in [0, 0.05) is 45.3 Å². The van der Waals surface area contributed by atoms with Crippen LogP contribution in [0.5, 0.6) is 0 Å². The van der Waals surface area contributed by atoms with Gasteiger partial charge < -0.3 is 15.4 Å². The molecular formula is C23H40IN5O. The largest absolute Gasteiger partial charge is 0.379 e. The lowest BCUT2D eigenvalue weighted by molar-refractivity contribution is -0.00834. The summed E-state index contributed by atoms with van der Waals surface area (Å²) in [6.07, 6.45) is 4.08. The number of nitrogens with zero attached hydrogens (tertiary/aromatic N) is 3. The van der Waals surface area contributed by atoms with Crippen LogP contribution in [0.1, 0.15) is 44.2 Å². The van der Waals surface area contributed by atoms with Gasteiger partial charge in [-0.2, -0.15) is 0 Å². The number of aliphatic imine (C=N–C) groups is 1. The summed E-state index contributed by atoms with van der Waals surface area (Å²) < 4.78 is 5.48. The molecule has 1 aromatic rings. The summed E-state index contributed by atoms with van der Waals surface area (Å²) in [7, 11) is 1.83. The molecule has 170 valence electrons. The Morgan fingerprint density at radius 3 is 2.23 bits per heavy atom. The minimum Gasteiger partial charge on any atom is -0.379 e. The quantitative estimate of drug-likeness (QED) is 0.323. The molecule has 0 bridgehead atoms. The fourth-order valence-corrected chi connectivity index (χ4v) is 4.13. The van der Waals surface area contributed by atoms with Gasteiger partial charge in [0.1, 0.15) is 0 Å². The Kier molecular flexibility index (Phi) is 10.8. The molecule has 6 nitrogen and oxygen atoms in total. The van der Waals surface area contributed by atoms with Gasteiger partial charge in [0.05, 0.1) is 13.2 Å². The van der Waals surface area contributed by atoms with Crippen LogP contribution in [-0.4, -0.2) is 74.3 Å². The van der Waals surface area contributed by atoms with Crippen LogP contribution in [0.3, 0.4) is 0 Å². The lowest BCUT2D eigenvalue weighted by Crippen LogP contribution is -2.56. The van der Waals surface area contributed by atoms with Crippen molar-refractivity contribution in [3.8, 4) is 0 Å². The van der Waals surface area contributed by atoms with Crippen LogP contribution >= 0.6 is 24.0 Å². The first kappa shape index (κ1) is 25.4. The Balaban J connectivity index is 0.00000320. The Labute approximate surface area is 199 Å². The number of morpholine rings is 1. The normalized spacial score (nSPS) is 19.2. The zero-order valence-corrected chi connectivity index (χ0v) is 21.3. The highest BCUT2D eigenvalue weighted by Crippen LogP contribution is 2.15. The molecule has 0 radical (unpaired) electrons. The third-order valence-electron chi connectivity index (χ3n) is 6.12. The standard InChI is InChI=1S/C23H39N5O.HI/c1-23(2,28-13-15-29-16-14-28)19-26-22(24-3)25-17-20-7-9-21(10-8-20)18-27-11-5-4-6-12-27;/h7-10H,4-6,11-19H2,1-3H3,(H2,24,25,26);1H. The molecule has 1 aromatic carbocycles. The van der Waals surface area contributed by atoms with Gasteiger partial charge in [-0.05, 0) is 50.9 Å². The number of halogens is 1. The Hall–Kier alpha value is -0.900. The number of ether oxygens (including phenoxy) is 1. The SMILES string of the molecule is CN=C(NCc1ccc(CN2CCCCC2)cc1)NCC(C)(C)N1CCOCC1.I. The maximum absolute atomic E-state index is 5.48. The maximum Gasteiger partial charge on any atom is 0.191 e. The summed E-state index contributed by atoms with van der Waals surface area (Å²) in [5.41, 5.74) is 2.76. The van der Waals surface area contributed by atoms with E-state index in [-0.39, 0.29) is 29.5 Å². The summed E-state index contributed by atoms with van der Waals surface area (Å²) in [6.45, 7) is 13.4. The number of hydrogen-bond donors (Lipinski definition) is 2. The van der Waals surface area contributed by atoms with Gasteiger partial charge in [-0.15, -0.1) is 24.0 Å². The first-order valence-corrected chi connectivity index (χ1v) is 11.1. The zero-order chi connectivity index (χ0) is 20.5. The van der Waals surface area contributed by atoms with Crippen molar-refractivity contribution >= 4 is 29.9 Å². The van der Waals surface area contributed by atoms with Crippen LogP contribution in [0, 0.1) is 0 Å². The molecule has 3 rings (SSSR count). The highest BCUT2D eigenvalue weighted by Gasteiger charge is 2.28. The molecule has 2 saturated heterocycles. The number of hydrogen-bond acceptors (Lipinski definition) is 4. The molecule has 0 aromatic heterocycles. The molecule has 2 fully saturated rings. The van der Waals surface area contributed by atoms with Crippen molar-refractivity contribution in [2.24, 2.45) is 4.99 Å². The van der Waals surface area contributed by atoms with E-state index in [2.05, 4.69) is 63.5 Å². The van der Waals surface area contributed by atoms with E-state index in [1.165, 1.54) is 43.5 Å². The summed E-state index contributed by atoms with van der Waals surface area (Å²) >= 11 is 0. The predicted octanol–water partition coefficient (Wildman–Crippen LogP) is 3.07. The first-order valence-electron chi connectivity index (χ1n) is 11.1. The van der Waals surface area contributed by atoms with E-state index in [1.807, 2.05) is 7.05 Å². The maximum atomic E-state index is 5.48. The second-order valence-corrected chi connectivity index (χ2v) is 8.84. The minimum atomic E-state index is 0. The fourth-order valence-electron chi connectivity index (χ4n) is 4.13. The van der Waals surface area contributed by atoms with Gasteiger partial charge in [-0.1, -0.05) is 30.7 Å². The van der Waals surface area contributed by atoms with Crippen molar-refractivity contribution in [3.63, 3.8) is 0 Å². The summed E-state index contributed by atoms with van der Waals surface area (Å²) in [5, 5.41) is 6.94. The average molecular weight is 530 g/mol. The Bertz CT molecular complexity index is 637. The summed E-state index contributed by atoms with van der Waals surface area (Å²) in [6, 6.07) is 9.00. The van der Waals surface area contributed by atoms with Crippen LogP contribution in [-0.2, 0) is 17.8 Å². The highest BCUT2D eigenvalue weighted by molar-refractivity contribution is 14.0. The third-order valence-corrected chi connectivity index (χ3v) is 6.12. The first-order chi connectivity index (χ1) is 14.1. The van der Waals surface area contributed by atoms with Crippen LogP contribution in [0.2, 0.25) is 0 Å². The predicted molar refractivity (Wildman–Crippen MR) is 136 cm³/mol. The Morgan fingerprint density at radius 2 is 1.60 bits per heavy atom. The molecule has 30 heavy (non-hydrogen) atoms. The molecule has 2 N–H and O–H groups in total. The van der Waals surface area contributed by atoms with Crippen LogP contribution in [0.25, 0.3) is 0 Å². The number of piperidine rings is 1. The lowest BCUT2D eigenvalue weighted by atomic mass is 10.0. The summed E-state index contributed by atoms with van der Waals surface area (Å²) in [4.78, 5) is 9.44. The van der Waals surface area contributed by atoms with Crippen molar-refractivity contribution in [2.45, 2.75) is 51.7 Å². The molecule has 0 amide bonds. The molecule has 0 atom stereocenters. The van der Waals surface area contributed by atoms with Crippen molar-refractivity contribution < 1.29 is 4.74 Å². The molecule has 2 aliphatic heterocycles. The monoisotopic (exact) mass is 529 g/mol. The van der Waals surface area contributed by atoms with Gasteiger partial charge in [-0.25, -0.2) is 0 Å². The fraction of sp³-hybridized carbons (Fsp3) is 0.696. The van der Waals surface area contributed by atoms with Crippen LogP contribution in [0.15, 0.2) is 29.3 Å². The Morgan fingerprint density at radius 1 is 0.967 bits per heavy atom. The minimum absolute atomic E-state index is 0. The molecule has 0 unspecified atom stereocenters. The van der Waals surface area contributed by atoms with Gasteiger partial charge in [0.15, 0.2) is 5.96 Å². The van der Waals surface area contributed by atoms with Crippen LogP contribution < -0.4 is 10.6 Å². The number of rotatable bonds is 7. The topological polar surface area (TPSA) is 52.1 Å². The number of benzene rings is 1. The van der Waals surface area contributed by atoms with Crippen LogP contribution in [0.4, 0.5) is 0 Å². The van der Waals surface area contributed by atoms with E-state index in [4.69, 9.17) is 4.74 Å². The van der Waals surface area contributed by atoms with E-state index in [0.29, 0.717) is 0 Å². The molecule has 0 aliphatic carbocycles. The second kappa shape index (κ2) is 12.8. The van der Waals surface area contributed by atoms with Gasteiger partial charge in [-0.3, -0.25) is 14.8 Å². The summed E-state index contributed by atoms with van der Waals surface area (Å²) in [5.74, 6) is 0.851. The lowest BCUT2D eigenvalue weighted by Gasteiger charge is -2.41. The smallest absolute Gasteiger partial charge is 0.191 e. The second-order valence-electron chi connectivity index (χ2n) is 8.84. The van der Waals surface area contributed by atoms with Crippen molar-refractivity contribution in [3.05, 3.63) is 35.4 Å². The van der Waals surface area contributed by atoms with E-state index >= 15 is 0 Å². The highest BCUT2D eigenvalue weighted by atomic mass is 127. The molecule has 0 spiro atoms. The van der Waals surface area contributed by atoms with Gasteiger partial charge in [0.25, 0.3) is 0 Å². The molecule has 2 aliphatic rings.